The van der Waals surface area contributed by atoms with E-state index in [1.807, 2.05) is 4.90 Å². The minimum absolute atomic E-state index is 0.271. The van der Waals surface area contributed by atoms with Gasteiger partial charge in [-0.25, -0.2) is 4.79 Å². The van der Waals surface area contributed by atoms with Gasteiger partial charge >= 0.3 is 6.03 Å². The Bertz CT molecular complexity index is 261. The van der Waals surface area contributed by atoms with E-state index in [1.165, 1.54) is 12.8 Å². The fraction of sp³-hybridized carbons (Fsp3) is 0.923. The number of urea groups is 1. The molecule has 4 nitrogen and oxygen atoms in total. The molecule has 4 heteroatoms. The van der Waals surface area contributed by atoms with Crippen molar-refractivity contribution in [2.24, 2.45) is 5.92 Å². The van der Waals surface area contributed by atoms with Crippen LogP contribution in [0.5, 0.6) is 0 Å². The first kappa shape index (κ1) is 12.7. The third-order valence-corrected chi connectivity index (χ3v) is 4.02. The summed E-state index contributed by atoms with van der Waals surface area (Å²) in [4.78, 5) is 18.8. The third-order valence-electron chi connectivity index (χ3n) is 4.02. The molecule has 0 N–H and O–H groups in total. The Balaban J connectivity index is 1.83. The first-order chi connectivity index (χ1) is 8.20. The summed E-state index contributed by atoms with van der Waals surface area (Å²) in [7, 11) is 0. The van der Waals surface area contributed by atoms with Crippen molar-refractivity contribution in [2.45, 2.75) is 26.7 Å². The predicted molar refractivity (Wildman–Crippen MR) is 69.1 cm³/mol. The topological polar surface area (TPSA) is 26.8 Å². The highest BCUT2D eigenvalue weighted by Crippen LogP contribution is 2.17. The summed E-state index contributed by atoms with van der Waals surface area (Å²) in [6, 6.07) is 0.271. The summed E-state index contributed by atoms with van der Waals surface area (Å²) in [5.74, 6) is 0.671. The summed E-state index contributed by atoms with van der Waals surface area (Å²) in [5, 5.41) is 0. The van der Waals surface area contributed by atoms with E-state index in [4.69, 9.17) is 0 Å². The molecule has 2 saturated heterocycles. The number of rotatable bonds is 1. The molecule has 98 valence electrons. The van der Waals surface area contributed by atoms with Crippen LogP contribution >= 0.6 is 0 Å². The minimum atomic E-state index is 0.271. The van der Waals surface area contributed by atoms with Crippen LogP contribution in [0.25, 0.3) is 0 Å². The molecule has 1 atom stereocenters. The van der Waals surface area contributed by atoms with Crippen LogP contribution < -0.4 is 0 Å². The fourth-order valence-corrected chi connectivity index (χ4v) is 2.82. The van der Waals surface area contributed by atoms with Crippen molar-refractivity contribution in [3.63, 3.8) is 0 Å². The predicted octanol–water partition coefficient (Wildman–Crippen LogP) is 1.48. The molecule has 2 amide bonds. The van der Waals surface area contributed by atoms with Crippen molar-refractivity contribution in [3.8, 4) is 0 Å². The molecule has 17 heavy (non-hydrogen) atoms. The summed E-state index contributed by atoms with van der Waals surface area (Å²) in [5.41, 5.74) is 0. The van der Waals surface area contributed by atoms with Gasteiger partial charge in [-0.05, 0) is 25.3 Å². The van der Waals surface area contributed by atoms with E-state index in [-0.39, 0.29) is 6.03 Å². The Morgan fingerprint density at radius 3 is 2.41 bits per heavy atom. The summed E-state index contributed by atoms with van der Waals surface area (Å²) in [6.07, 6.45) is 2.44. The van der Waals surface area contributed by atoms with E-state index >= 15 is 0 Å². The molecule has 2 rings (SSSR count). The largest absolute Gasteiger partial charge is 0.324 e. The maximum Gasteiger partial charge on any atom is 0.320 e. The lowest BCUT2D eigenvalue weighted by atomic mass is 10.0. The quantitative estimate of drug-likeness (QED) is 0.693. The van der Waals surface area contributed by atoms with Crippen molar-refractivity contribution in [2.75, 3.05) is 45.8 Å². The molecule has 2 heterocycles. The van der Waals surface area contributed by atoms with Gasteiger partial charge in [0, 0.05) is 39.3 Å². The van der Waals surface area contributed by atoms with E-state index in [0.29, 0.717) is 5.92 Å². The van der Waals surface area contributed by atoms with Gasteiger partial charge in [-0.1, -0.05) is 13.8 Å². The summed E-state index contributed by atoms with van der Waals surface area (Å²) in [6.45, 7) is 11.3. The van der Waals surface area contributed by atoms with Crippen molar-refractivity contribution < 1.29 is 4.79 Å². The van der Waals surface area contributed by atoms with Gasteiger partial charge in [-0.15, -0.1) is 0 Å². The molecule has 0 aromatic heterocycles. The Hall–Kier alpha value is -0.770. The lowest BCUT2D eigenvalue weighted by Crippen LogP contribution is -2.54. The number of nitrogens with zero attached hydrogens (tertiary/aromatic N) is 3. The standard InChI is InChI=1S/C13H25N3O/c1-3-14-7-9-15(10-8-14)13(17)16-6-4-5-12(2)11-16/h12H,3-11H2,1-2H3. The number of amides is 2. The minimum Gasteiger partial charge on any atom is -0.324 e. The summed E-state index contributed by atoms with van der Waals surface area (Å²) >= 11 is 0. The molecule has 0 bridgehead atoms. The van der Waals surface area contributed by atoms with E-state index in [0.717, 1.165) is 45.8 Å². The normalized spacial score (nSPS) is 27.3. The highest BCUT2D eigenvalue weighted by molar-refractivity contribution is 5.74. The second kappa shape index (κ2) is 5.71. The molecule has 0 aromatic carbocycles. The number of likely N-dealkylation sites (N-methyl/N-ethyl adjacent to an activating group) is 1. The Kier molecular flexibility index (Phi) is 4.26. The molecule has 2 aliphatic rings. The molecule has 1 unspecified atom stereocenters. The van der Waals surface area contributed by atoms with Gasteiger partial charge in [0.15, 0.2) is 0 Å². The molecular weight excluding hydrogens is 214 g/mol. The van der Waals surface area contributed by atoms with Crippen molar-refractivity contribution in [3.05, 3.63) is 0 Å². The monoisotopic (exact) mass is 239 g/mol. The third kappa shape index (κ3) is 3.12. The van der Waals surface area contributed by atoms with Crippen LogP contribution in [0, 0.1) is 5.92 Å². The number of likely N-dealkylation sites (tertiary alicyclic amines) is 1. The highest BCUT2D eigenvalue weighted by atomic mass is 16.2. The smallest absolute Gasteiger partial charge is 0.320 e. The van der Waals surface area contributed by atoms with E-state index in [1.54, 1.807) is 0 Å². The van der Waals surface area contributed by atoms with E-state index < -0.39 is 0 Å². The molecule has 0 aliphatic carbocycles. The zero-order chi connectivity index (χ0) is 12.3. The van der Waals surface area contributed by atoms with E-state index in [2.05, 4.69) is 23.6 Å². The number of carbonyl (C=O) groups excluding carboxylic acids is 1. The lowest BCUT2D eigenvalue weighted by Gasteiger charge is -2.39. The van der Waals surface area contributed by atoms with Gasteiger partial charge in [0.25, 0.3) is 0 Å². The number of hydrogen-bond acceptors (Lipinski definition) is 2. The molecule has 0 saturated carbocycles. The van der Waals surface area contributed by atoms with Crippen LogP contribution in [0.1, 0.15) is 26.7 Å². The van der Waals surface area contributed by atoms with Crippen LogP contribution in [-0.4, -0.2) is 66.5 Å². The number of hydrogen-bond donors (Lipinski definition) is 0. The molecule has 2 fully saturated rings. The highest BCUT2D eigenvalue weighted by Gasteiger charge is 2.27. The van der Waals surface area contributed by atoms with Gasteiger partial charge in [0.1, 0.15) is 0 Å². The SMILES string of the molecule is CCN1CCN(C(=O)N2CCCC(C)C2)CC1. The first-order valence-electron chi connectivity index (χ1n) is 6.97. The Morgan fingerprint density at radius 2 is 1.82 bits per heavy atom. The average Bonchev–Trinajstić information content (AvgIpc) is 2.38. The molecule has 0 aromatic rings. The van der Waals surface area contributed by atoms with Crippen molar-refractivity contribution in [1.82, 2.24) is 14.7 Å². The van der Waals surface area contributed by atoms with Crippen LogP contribution in [0.2, 0.25) is 0 Å². The van der Waals surface area contributed by atoms with Gasteiger partial charge < -0.3 is 14.7 Å². The first-order valence-corrected chi connectivity index (χ1v) is 6.97. The lowest BCUT2D eigenvalue weighted by molar-refractivity contribution is 0.102. The zero-order valence-corrected chi connectivity index (χ0v) is 11.2. The Labute approximate surface area is 105 Å². The van der Waals surface area contributed by atoms with Gasteiger partial charge in [0.05, 0.1) is 0 Å². The zero-order valence-electron chi connectivity index (χ0n) is 11.2. The maximum absolute atomic E-state index is 12.3. The van der Waals surface area contributed by atoms with Gasteiger partial charge in [-0.3, -0.25) is 0 Å². The molecule has 0 spiro atoms. The Morgan fingerprint density at radius 1 is 1.12 bits per heavy atom. The number of carbonyl (C=O) groups is 1. The van der Waals surface area contributed by atoms with Gasteiger partial charge in [0.2, 0.25) is 0 Å². The number of piperidine rings is 1. The van der Waals surface area contributed by atoms with Crippen LogP contribution in [0.15, 0.2) is 0 Å². The van der Waals surface area contributed by atoms with Crippen molar-refractivity contribution in [1.29, 1.82) is 0 Å². The number of piperazine rings is 1. The second-order valence-corrected chi connectivity index (χ2v) is 5.40. The molecule has 0 radical (unpaired) electrons. The van der Waals surface area contributed by atoms with Crippen LogP contribution in [-0.2, 0) is 0 Å². The van der Waals surface area contributed by atoms with Crippen LogP contribution in [0.3, 0.4) is 0 Å². The summed E-state index contributed by atoms with van der Waals surface area (Å²) < 4.78 is 0. The second-order valence-electron chi connectivity index (χ2n) is 5.40. The van der Waals surface area contributed by atoms with Crippen molar-refractivity contribution >= 4 is 6.03 Å². The van der Waals surface area contributed by atoms with Gasteiger partial charge in [-0.2, -0.15) is 0 Å². The maximum atomic E-state index is 12.3. The molecular formula is C13H25N3O. The average molecular weight is 239 g/mol. The van der Waals surface area contributed by atoms with E-state index in [9.17, 15) is 4.79 Å². The molecule has 2 aliphatic heterocycles. The van der Waals surface area contributed by atoms with Crippen LogP contribution in [0.4, 0.5) is 4.79 Å². The fourth-order valence-electron chi connectivity index (χ4n) is 2.82.